The molecule has 1 aromatic carbocycles. The maximum Gasteiger partial charge on any atom is 0.417 e. The van der Waals surface area contributed by atoms with Gasteiger partial charge in [0.1, 0.15) is 0 Å². The molecule has 0 aliphatic heterocycles. The Balaban J connectivity index is 2.63. The molecule has 0 N–H and O–H groups in total. The minimum atomic E-state index is -4.89. The van der Waals surface area contributed by atoms with Crippen molar-refractivity contribution in [2.45, 2.75) is 31.1 Å². The van der Waals surface area contributed by atoms with Gasteiger partial charge in [-0.1, -0.05) is 11.6 Å². The number of hydrogen-bond acceptors (Lipinski definition) is 0. The van der Waals surface area contributed by atoms with Crippen LogP contribution in [-0.2, 0) is 12.4 Å². The molecule has 2 rings (SSSR count). The minimum absolute atomic E-state index is 0.0547. The van der Waals surface area contributed by atoms with Crippen molar-refractivity contribution in [1.82, 2.24) is 0 Å². The Labute approximate surface area is 104 Å². The summed E-state index contributed by atoms with van der Waals surface area (Å²) in [5.74, 6) is -0.218. The van der Waals surface area contributed by atoms with E-state index >= 15 is 0 Å². The lowest BCUT2D eigenvalue weighted by atomic mass is 10.0. The smallest absolute Gasteiger partial charge is 0.166 e. The number of alkyl halides is 6. The molecule has 0 spiro atoms. The van der Waals surface area contributed by atoms with E-state index in [4.69, 9.17) is 11.6 Å². The first kappa shape index (κ1) is 13.5. The van der Waals surface area contributed by atoms with Gasteiger partial charge in [0.2, 0.25) is 0 Å². The molecule has 7 heteroatoms. The molecule has 1 aliphatic rings. The van der Waals surface area contributed by atoms with Gasteiger partial charge in [0.05, 0.1) is 16.1 Å². The van der Waals surface area contributed by atoms with Gasteiger partial charge < -0.3 is 0 Å². The molecule has 0 atom stereocenters. The summed E-state index contributed by atoms with van der Waals surface area (Å²) in [5.41, 5.74) is -2.78. The van der Waals surface area contributed by atoms with Gasteiger partial charge in [-0.2, -0.15) is 26.3 Å². The first-order valence-electron chi connectivity index (χ1n) is 5.08. The third-order valence-corrected chi connectivity index (χ3v) is 3.16. The summed E-state index contributed by atoms with van der Waals surface area (Å²) in [6.07, 6.45) is -8.56. The van der Waals surface area contributed by atoms with E-state index in [0.29, 0.717) is 12.8 Å². The van der Waals surface area contributed by atoms with Crippen LogP contribution in [0, 0.1) is 0 Å². The fourth-order valence-electron chi connectivity index (χ4n) is 1.71. The number of hydrogen-bond donors (Lipinski definition) is 0. The van der Waals surface area contributed by atoms with E-state index in [-0.39, 0.29) is 11.5 Å². The summed E-state index contributed by atoms with van der Waals surface area (Å²) in [5, 5.41) is -1.28. The second-order valence-electron chi connectivity index (χ2n) is 4.20. The van der Waals surface area contributed by atoms with Crippen LogP contribution in [0.15, 0.2) is 12.1 Å². The summed E-state index contributed by atoms with van der Waals surface area (Å²) in [6.45, 7) is 0. The third kappa shape index (κ3) is 2.58. The van der Waals surface area contributed by atoms with Crippen LogP contribution in [0.1, 0.15) is 35.4 Å². The topological polar surface area (TPSA) is 0 Å². The zero-order chi connectivity index (χ0) is 13.7. The second-order valence-corrected chi connectivity index (χ2v) is 4.58. The highest BCUT2D eigenvalue weighted by molar-refractivity contribution is 6.32. The summed E-state index contributed by atoms with van der Waals surface area (Å²) in [4.78, 5) is 0. The van der Waals surface area contributed by atoms with Crippen LogP contribution >= 0.6 is 11.6 Å². The van der Waals surface area contributed by atoms with E-state index in [0.717, 1.165) is 12.1 Å². The maximum absolute atomic E-state index is 12.6. The molecule has 1 aromatic rings. The molecule has 0 amide bonds. The van der Waals surface area contributed by atoms with E-state index in [1.165, 1.54) is 0 Å². The fourth-order valence-corrected chi connectivity index (χ4v) is 2.04. The quantitative estimate of drug-likeness (QED) is 0.619. The molecule has 0 unspecified atom stereocenters. The molecule has 0 saturated heterocycles. The molecule has 0 nitrogen and oxygen atoms in total. The van der Waals surface area contributed by atoms with E-state index in [1.54, 1.807) is 0 Å². The van der Waals surface area contributed by atoms with Gasteiger partial charge in [-0.05, 0) is 36.5 Å². The van der Waals surface area contributed by atoms with E-state index in [9.17, 15) is 26.3 Å². The number of rotatable bonds is 1. The van der Waals surface area contributed by atoms with Crippen molar-refractivity contribution in [2.75, 3.05) is 0 Å². The zero-order valence-electron chi connectivity index (χ0n) is 8.79. The van der Waals surface area contributed by atoms with Crippen molar-refractivity contribution in [3.8, 4) is 0 Å². The number of halogens is 7. The third-order valence-electron chi connectivity index (χ3n) is 2.75. The van der Waals surface area contributed by atoms with Crippen LogP contribution in [0.2, 0.25) is 5.02 Å². The van der Waals surface area contributed by atoms with Crippen LogP contribution in [0.4, 0.5) is 26.3 Å². The lowest BCUT2D eigenvalue weighted by Crippen LogP contribution is -2.13. The van der Waals surface area contributed by atoms with E-state index in [1.807, 2.05) is 0 Å². The molecule has 1 aliphatic carbocycles. The fraction of sp³-hybridized carbons (Fsp3) is 0.455. The molecule has 1 fully saturated rings. The van der Waals surface area contributed by atoms with Crippen LogP contribution in [0.3, 0.4) is 0 Å². The Morgan fingerprint density at radius 1 is 0.889 bits per heavy atom. The lowest BCUT2D eigenvalue weighted by Gasteiger charge is -2.16. The average molecular weight is 289 g/mol. The van der Waals surface area contributed by atoms with E-state index < -0.39 is 28.5 Å². The van der Waals surface area contributed by atoms with Crippen LogP contribution in [0.25, 0.3) is 0 Å². The van der Waals surface area contributed by atoms with Crippen molar-refractivity contribution in [1.29, 1.82) is 0 Å². The summed E-state index contributed by atoms with van der Waals surface area (Å²) >= 11 is 5.24. The van der Waals surface area contributed by atoms with Crippen molar-refractivity contribution < 1.29 is 26.3 Å². The molecular weight excluding hydrogens is 282 g/mol. The highest BCUT2D eigenvalue weighted by Gasteiger charge is 2.42. The van der Waals surface area contributed by atoms with Gasteiger partial charge in [0.25, 0.3) is 0 Å². The SMILES string of the molecule is FC(F)(F)c1cc(C2CC2)cc(C(F)(F)F)c1Cl. The highest BCUT2D eigenvalue weighted by Crippen LogP contribution is 2.47. The average Bonchev–Trinajstić information content (AvgIpc) is 2.97. The van der Waals surface area contributed by atoms with Crippen LogP contribution < -0.4 is 0 Å². The maximum atomic E-state index is 12.6. The molecule has 0 radical (unpaired) electrons. The van der Waals surface area contributed by atoms with E-state index in [2.05, 4.69) is 0 Å². The molecule has 0 aromatic heterocycles. The Bertz CT molecular complexity index is 434. The van der Waals surface area contributed by atoms with Gasteiger partial charge in [0.15, 0.2) is 0 Å². The summed E-state index contributed by atoms with van der Waals surface area (Å²) < 4.78 is 75.8. The van der Waals surface area contributed by atoms with Gasteiger partial charge >= 0.3 is 12.4 Å². The predicted molar refractivity (Wildman–Crippen MR) is 53.4 cm³/mol. The monoisotopic (exact) mass is 288 g/mol. The lowest BCUT2D eigenvalue weighted by molar-refractivity contribution is -0.142. The normalized spacial score (nSPS) is 17.1. The van der Waals surface area contributed by atoms with Gasteiger partial charge in [-0.15, -0.1) is 0 Å². The van der Waals surface area contributed by atoms with Crippen LogP contribution in [0.5, 0.6) is 0 Å². The molecule has 1 saturated carbocycles. The van der Waals surface area contributed by atoms with Gasteiger partial charge in [0, 0.05) is 0 Å². The standard InChI is InChI=1S/C11H7ClF6/c12-9-7(10(13,14)15)3-6(5-1-2-5)4-8(9)11(16,17)18/h3-5H,1-2H2. The zero-order valence-corrected chi connectivity index (χ0v) is 9.55. The van der Waals surface area contributed by atoms with Gasteiger partial charge in [-0.25, -0.2) is 0 Å². The first-order valence-corrected chi connectivity index (χ1v) is 5.46. The summed E-state index contributed by atoms with van der Waals surface area (Å²) in [7, 11) is 0. The predicted octanol–water partition coefficient (Wildman–Crippen LogP) is 5.26. The van der Waals surface area contributed by atoms with Crippen molar-refractivity contribution in [3.63, 3.8) is 0 Å². The molecule has 100 valence electrons. The molecule has 0 heterocycles. The largest absolute Gasteiger partial charge is 0.417 e. The Kier molecular flexibility index (Phi) is 3.04. The Hall–Kier alpha value is -0.910. The highest BCUT2D eigenvalue weighted by atomic mass is 35.5. The first-order chi connectivity index (χ1) is 8.10. The second kappa shape index (κ2) is 4.05. The molecular formula is C11H7ClF6. The van der Waals surface area contributed by atoms with Gasteiger partial charge in [-0.3, -0.25) is 0 Å². The van der Waals surface area contributed by atoms with Crippen molar-refractivity contribution in [3.05, 3.63) is 33.8 Å². The number of benzene rings is 1. The van der Waals surface area contributed by atoms with Crippen LogP contribution in [-0.4, -0.2) is 0 Å². The molecule has 0 bridgehead atoms. The molecule has 18 heavy (non-hydrogen) atoms. The Morgan fingerprint density at radius 3 is 1.56 bits per heavy atom. The summed E-state index contributed by atoms with van der Waals surface area (Å²) in [6, 6.07) is 1.43. The van der Waals surface area contributed by atoms with Crippen molar-refractivity contribution in [2.24, 2.45) is 0 Å². The van der Waals surface area contributed by atoms with Crippen molar-refractivity contribution >= 4 is 11.6 Å². The Morgan fingerprint density at radius 2 is 1.28 bits per heavy atom. The minimum Gasteiger partial charge on any atom is -0.166 e.